The van der Waals surface area contributed by atoms with E-state index < -0.39 is 23.9 Å². The van der Waals surface area contributed by atoms with Gasteiger partial charge in [0, 0.05) is 26.8 Å². The van der Waals surface area contributed by atoms with E-state index in [0.29, 0.717) is 12.3 Å². The molecule has 1 rings (SSSR count). The highest BCUT2D eigenvalue weighted by atomic mass is 19.4. The Hall–Kier alpha value is -2.04. The number of benzene rings is 1. The molecule has 0 aliphatic carbocycles. The van der Waals surface area contributed by atoms with E-state index in [9.17, 15) is 23.1 Å². The van der Waals surface area contributed by atoms with Gasteiger partial charge in [-0.05, 0) is 32.0 Å². The maximum absolute atomic E-state index is 13.4. The number of hydrogen-bond acceptors (Lipinski definition) is 5. The number of carbonyl (C=O) groups is 1. The van der Waals surface area contributed by atoms with Gasteiger partial charge in [0.15, 0.2) is 0 Å². The smallest absolute Gasteiger partial charge is 0.389 e. The Morgan fingerprint density at radius 3 is 2.41 bits per heavy atom. The second-order valence-electron chi connectivity index (χ2n) is 7.08. The van der Waals surface area contributed by atoms with Crippen LogP contribution in [0.5, 0.6) is 0 Å². The molecule has 0 saturated carbocycles. The lowest BCUT2D eigenvalue weighted by Gasteiger charge is -2.23. The van der Waals surface area contributed by atoms with Gasteiger partial charge < -0.3 is 29.7 Å². The standard InChI is InChI=1S/C19H30F3N3O4/c1-13(2)29-9-8-28-12-15(26)11-25(5)18(27)23-17-7-6-14(24(3)4)10-16(17)19(20,21)22/h6-7,10,13,15,26H,8-9,11-12H2,1-5H3,(H,23,27). The van der Waals surface area contributed by atoms with Gasteiger partial charge in [0.25, 0.3) is 0 Å². The van der Waals surface area contributed by atoms with Crippen LogP contribution in [0.15, 0.2) is 18.2 Å². The topological polar surface area (TPSA) is 74.3 Å². The van der Waals surface area contributed by atoms with E-state index in [2.05, 4.69) is 5.32 Å². The van der Waals surface area contributed by atoms with Gasteiger partial charge in [0.2, 0.25) is 0 Å². The summed E-state index contributed by atoms with van der Waals surface area (Å²) in [6, 6.07) is 2.89. The Bertz CT molecular complexity index is 654. The van der Waals surface area contributed by atoms with Gasteiger partial charge in [0.05, 0.1) is 49.8 Å². The Kier molecular flexibility index (Phi) is 9.67. The summed E-state index contributed by atoms with van der Waals surface area (Å²) in [5.41, 5.74) is -0.936. The first-order valence-corrected chi connectivity index (χ1v) is 9.20. The van der Waals surface area contributed by atoms with Crippen LogP contribution < -0.4 is 10.2 Å². The number of urea groups is 1. The zero-order valence-corrected chi connectivity index (χ0v) is 17.4. The van der Waals surface area contributed by atoms with E-state index >= 15 is 0 Å². The molecule has 1 atom stereocenters. The molecule has 29 heavy (non-hydrogen) atoms. The fourth-order valence-corrected chi connectivity index (χ4v) is 2.38. The second kappa shape index (κ2) is 11.2. The van der Waals surface area contributed by atoms with Crippen LogP contribution in [0.4, 0.5) is 29.3 Å². The summed E-state index contributed by atoms with van der Waals surface area (Å²) in [6.45, 7) is 4.32. The number of halogens is 3. The maximum atomic E-state index is 13.4. The third-order valence-electron chi connectivity index (χ3n) is 3.89. The van der Waals surface area contributed by atoms with E-state index in [1.54, 1.807) is 14.1 Å². The third kappa shape index (κ3) is 8.88. The van der Waals surface area contributed by atoms with Crippen LogP contribution >= 0.6 is 0 Å². The molecule has 1 unspecified atom stereocenters. The Morgan fingerprint density at radius 2 is 1.86 bits per heavy atom. The van der Waals surface area contributed by atoms with E-state index in [-0.39, 0.29) is 31.5 Å². The summed E-state index contributed by atoms with van der Waals surface area (Å²) in [5.74, 6) is 0. The van der Waals surface area contributed by atoms with E-state index in [0.717, 1.165) is 11.0 Å². The number of hydrogen-bond donors (Lipinski definition) is 2. The zero-order chi connectivity index (χ0) is 22.2. The van der Waals surface area contributed by atoms with Gasteiger partial charge in [-0.15, -0.1) is 0 Å². The molecule has 0 radical (unpaired) electrons. The van der Waals surface area contributed by atoms with Crippen molar-refractivity contribution in [2.45, 2.75) is 32.2 Å². The Morgan fingerprint density at radius 1 is 1.21 bits per heavy atom. The molecule has 0 aliphatic heterocycles. The summed E-state index contributed by atoms with van der Waals surface area (Å²) in [5, 5.41) is 12.2. The molecule has 10 heteroatoms. The molecular formula is C19H30F3N3O4. The molecule has 1 aromatic carbocycles. The van der Waals surface area contributed by atoms with Crippen molar-refractivity contribution in [1.82, 2.24) is 4.90 Å². The van der Waals surface area contributed by atoms with Crippen molar-refractivity contribution in [1.29, 1.82) is 0 Å². The number of rotatable bonds is 10. The first-order valence-electron chi connectivity index (χ1n) is 9.20. The SMILES string of the molecule is CC(C)OCCOCC(O)CN(C)C(=O)Nc1ccc(N(C)C)cc1C(F)(F)F. The van der Waals surface area contributed by atoms with Gasteiger partial charge in [-0.25, -0.2) is 4.79 Å². The Balaban J connectivity index is 2.64. The summed E-state index contributed by atoms with van der Waals surface area (Å²) < 4.78 is 50.6. The fourth-order valence-electron chi connectivity index (χ4n) is 2.38. The fraction of sp³-hybridized carbons (Fsp3) is 0.632. The molecule has 0 saturated heterocycles. The van der Waals surface area contributed by atoms with Gasteiger partial charge in [0.1, 0.15) is 0 Å². The molecular weight excluding hydrogens is 391 g/mol. The van der Waals surface area contributed by atoms with Crippen molar-refractivity contribution < 1.29 is 32.5 Å². The van der Waals surface area contributed by atoms with Crippen molar-refractivity contribution in [3.8, 4) is 0 Å². The summed E-state index contributed by atoms with van der Waals surface area (Å²) in [7, 11) is 4.63. The molecule has 2 amide bonds. The molecule has 1 aromatic rings. The number of nitrogens with zero attached hydrogens (tertiary/aromatic N) is 2. The van der Waals surface area contributed by atoms with E-state index in [1.807, 2.05) is 13.8 Å². The normalized spacial score (nSPS) is 12.8. The quantitative estimate of drug-likeness (QED) is 0.568. The molecule has 0 aromatic heterocycles. The molecule has 0 spiro atoms. The van der Waals surface area contributed by atoms with Gasteiger partial charge >= 0.3 is 12.2 Å². The highest BCUT2D eigenvalue weighted by Gasteiger charge is 2.34. The van der Waals surface area contributed by atoms with Crippen LogP contribution in [0.1, 0.15) is 19.4 Å². The van der Waals surface area contributed by atoms with Crippen LogP contribution in [0.2, 0.25) is 0 Å². The molecule has 166 valence electrons. The monoisotopic (exact) mass is 421 g/mol. The third-order valence-corrected chi connectivity index (χ3v) is 3.89. The van der Waals surface area contributed by atoms with Crippen LogP contribution in [-0.2, 0) is 15.7 Å². The molecule has 0 heterocycles. The summed E-state index contributed by atoms with van der Waals surface area (Å²) in [6.07, 6.45) is -5.53. The predicted molar refractivity (Wildman–Crippen MR) is 105 cm³/mol. The lowest BCUT2D eigenvalue weighted by atomic mass is 10.1. The molecule has 2 N–H and O–H groups in total. The number of aliphatic hydroxyl groups excluding tert-OH is 1. The van der Waals surface area contributed by atoms with Crippen molar-refractivity contribution in [2.75, 3.05) is 57.7 Å². The average molecular weight is 421 g/mol. The summed E-state index contributed by atoms with van der Waals surface area (Å²) in [4.78, 5) is 14.9. The van der Waals surface area contributed by atoms with E-state index in [1.165, 1.54) is 24.1 Å². The minimum Gasteiger partial charge on any atom is -0.389 e. The number of aliphatic hydroxyl groups is 1. The van der Waals surface area contributed by atoms with Gasteiger partial charge in [-0.3, -0.25) is 0 Å². The first-order chi connectivity index (χ1) is 13.4. The number of nitrogens with one attached hydrogen (secondary N) is 1. The number of carbonyl (C=O) groups excluding carboxylic acids is 1. The highest BCUT2D eigenvalue weighted by Crippen LogP contribution is 2.37. The van der Waals surface area contributed by atoms with Gasteiger partial charge in [-0.1, -0.05) is 0 Å². The number of amides is 2. The van der Waals surface area contributed by atoms with Crippen LogP contribution in [0.3, 0.4) is 0 Å². The number of anilines is 2. The van der Waals surface area contributed by atoms with Crippen molar-refractivity contribution in [3.63, 3.8) is 0 Å². The summed E-state index contributed by atoms with van der Waals surface area (Å²) >= 11 is 0. The van der Waals surface area contributed by atoms with Crippen LogP contribution in [0, 0.1) is 0 Å². The minimum atomic E-state index is -4.63. The number of likely N-dealkylation sites (N-methyl/N-ethyl adjacent to an activating group) is 1. The van der Waals surface area contributed by atoms with Crippen molar-refractivity contribution in [2.24, 2.45) is 0 Å². The minimum absolute atomic E-state index is 0.0234. The van der Waals surface area contributed by atoms with E-state index in [4.69, 9.17) is 9.47 Å². The lowest BCUT2D eigenvalue weighted by molar-refractivity contribution is -0.136. The van der Waals surface area contributed by atoms with Crippen molar-refractivity contribution in [3.05, 3.63) is 23.8 Å². The van der Waals surface area contributed by atoms with Crippen LogP contribution in [-0.4, -0.2) is 75.8 Å². The van der Waals surface area contributed by atoms with Gasteiger partial charge in [-0.2, -0.15) is 13.2 Å². The number of ether oxygens (including phenoxy) is 2. The highest BCUT2D eigenvalue weighted by molar-refractivity contribution is 5.90. The zero-order valence-electron chi connectivity index (χ0n) is 17.4. The molecule has 0 fully saturated rings. The van der Waals surface area contributed by atoms with Crippen LogP contribution in [0.25, 0.3) is 0 Å². The maximum Gasteiger partial charge on any atom is 0.418 e. The molecule has 7 nitrogen and oxygen atoms in total. The molecule has 0 aliphatic rings. The lowest BCUT2D eigenvalue weighted by Crippen LogP contribution is -2.39. The molecule has 0 bridgehead atoms. The second-order valence-corrected chi connectivity index (χ2v) is 7.08. The average Bonchev–Trinajstić information content (AvgIpc) is 2.60. The Labute approximate surface area is 169 Å². The predicted octanol–water partition coefficient (Wildman–Crippen LogP) is 3.04. The van der Waals surface area contributed by atoms with Crippen molar-refractivity contribution >= 4 is 17.4 Å². The largest absolute Gasteiger partial charge is 0.418 e. The first kappa shape index (κ1) is 25.0. The number of alkyl halides is 3.